The van der Waals surface area contributed by atoms with Gasteiger partial charge in [-0.25, -0.2) is 0 Å². The molecule has 0 unspecified atom stereocenters. The fourth-order valence-electron chi connectivity index (χ4n) is 2.08. The molecule has 0 saturated carbocycles. The Hall–Kier alpha value is -3.09. The van der Waals surface area contributed by atoms with Gasteiger partial charge in [0.15, 0.2) is 0 Å². The standard InChI is InChI=1S/C16H17N3O4/c1-18(9-10-23-13-5-3-2-4-6-13)14-8-7-12(16(17)20)11-15(14)19(21)22/h2-8,11H,9-10H2,1H3,(H2,17,20). The molecular formula is C16H17N3O4. The molecule has 120 valence electrons. The van der Waals surface area contributed by atoms with Crippen LogP contribution in [0.5, 0.6) is 5.75 Å². The van der Waals surface area contributed by atoms with E-state index in [-0.39, 0.29) is 11.3 Å². The molecule has 0 aliphatic heterocycles. The van der Waals surface area contributed by atoms with Crippen molar-refractivity contribution in [3.63, 3.8) is 0 Å². The maximum Gasteiger partial charge on any atom is 0.293 e. The van der Waals surface area contributed by atoms with Crippen molar-refractivity contribution in [2.75, 3.05) is 25.1 Å². The van der Waals surface area contributed by atoms with Gasteiger partial charge < -0.3 is 15.4 Å². The van der Waals surface area contributed by atoms with Crippen molar-refractivity contribution in [2.45, 2.75) is 0 Å². The summed E-state index contributed by atoms with van der Waals surface area (Å²) < 4.78 is 5.57. The Morgan fingerprint density at radius 2 is 1.96 bits per heavy atom. The predicted octanol–water partition coefficient (Wildman–Crippen LogP) is 2.21. The highest BCUT2D eigenvalue weighted by atomic mass is 16.6. The average Bonchev–Trinajstić information content (AvgIpc) is 2.55. The van der Waals surface area contributed by atoms with E-state index in [1.165, 1.54) is 18.2 Å². The van der Waals surface area contributed by atoms with Crippen molar-refractivity contribution in [2.24, 2.45) is 5.73 Å². The van der Waals surface area contributed by atoms with Crippen LogP contribution >= 0.6 is 0 Å². The summed E-state index contributed by atoms with van der Waals surface area (Å²) in [5.74, 6) is 0.0363. The number of nitro groups is 1. The average molecular weight is 315 g/mol. The van der Waals surface area contributed by atoms with Crippen LogP contribution in [0.1, 0.15) is 10.4 Å². The van der Waals surface area contributed by atoms with Gasteiger partial charge in [-0.2, -0.15) is 0 Å². The number of benzene rings is 2. The molecule has 0 aromatic heterocycles. The first-order valence-corrected chi connectivity index (χ1v) is 6.96. The first-order chi connectivity index (χ1) is 11.0. The Balaban J connectivity index is 2.07. The van der Waals surface area contributed by atoms with Crippen LogP contribution in [0.3, 0.4) is 0 Å². The molecule has 0 heterocycles. The van der Waals surface area contributed by atoms with E-state index in [2.05, 4.69) is 0 Å². The lowest BCUT2D eigenvalue weighted by atomic mass is 10.1. The number of nitro benzene ring substituents is 1. The van der Waals surface area contributed by atoms with Gasteiger partial charge in [0.1, 0.15) is 18.0 Å². The summed E-state index contributed by atoms with van der Waals surface area (Å²) in [7, 11) is 1.72. The summed E-state index contributed by atoms with van der Waals surface area (Å²) >= 11 is 0. The second-order valence-electron chi connectivity index (χ2n) is 4.91. The smallest absolute Gasteiger partial charge is 0.293 e. The summed E-state index contributed by atoms with van der Waals surface area (Å²) in [6.45, 7) is 0.820. The fourth-order valence-corrected chi connectivity index (χ4v) is 2.08. The molecule has 23 heavy (non-hydrogen) atoms. The van der Waals surface area contributed by atoms with E-state index in [1.807, 2.05) is 30.3 Å². The van der Waals surface area contributed by atoms with Gasteiger partial charge in [0.25, 0.3) is 5.69 Å². The van der Waals surface area contributed by atoms with E-state index < -0.39 is 10.8 Å². The first-order valence-electron chi connectivity index (χ1n) is 6.96. The van der Waals surface area contributed by atoms with Crippen LogP contribution in [0.15, 0.2) is 48.5 Å². The number of likely N-dealkylation sites (N-methyl/N-ethyl adjacent to an activating group) is 1. The monoisotopic (exact) mass is 315 g/mol. The van der Waals surface area contributed by atoms with Gasteiger partial charge in [-0.3, -0.25) is 14.9 Å². The number of rotatable bonds is 7. The molecule has 2 aromatic carbocycles. The number of carbonyl (C=O) groups excluding carboxylic acids is 1. The zero-order valence-electron chi connectivity index (χ0n) is 12.6. The lowest BCUT2D eigenvalue weighted by Gasteiger charge is -2.19. The minimum Gasteiger partial charge on any atom is -0.492 e. The van der Waals surface area contributed by atoms with E-state index in [4.69, 9.17) is 10.5 Å². The van der Waals surface area contributed by atoms with Crippen LogP contribution in [0, 0.1) is 10.1 Å². The third-order valence-corrected chi connectivity index (χ3v) is 3.31. The minimum atomic E-state index is -0.699. The minimum absolute atomic E-state index is 0.106. The second kappa shape index (κ2) is 7.26. The van der Waals surface area contributed by atoms with Crippen LogP contribution < -0.4 is 15.4 Å². The van der Waals surface area contributed by atoms with E-state index in [9.17, 15) is 14.9 Å². The van der Waals surface area contributed by atoms with Crippen LogP contribution in [-0.2, 0) is 0 Å². The van der Waals surface area contributed by atoms with Crippen molar-refractivity contribution in [1.82, 2.24) is 0 Å². The van der Waals surface area contributed by atoms with E-state index >= 15 is 0 Å². The zero-order valence-corrected chi connectivity index (χ0v) is 12.6. The number of carbonyl (C=O) groups is 1. The maximum atomic E-state index is 11.2. The van der Waals surface area contributed by atoms with Gasteiger partial charge in [0, 0.05) is 18.7 Å². The summed E-state index contributed by atoms with van der Waals surface area (Å²) in [6, 6.07) is 13.5. The summed E-state index contributed by atoms with van der Waals surface area (Å²) in [4.78, 5) is 23.5. The molecule has 0 atom stereocenters. The number of hydrogen-bond donors (Lipinski definition) is 1. The highest BCUT2D eigenvalue weighted by molar-refractivity contribution is 5.94. The molecule has 0 fully saturated rings. The van der Waals surface area contributed by atoms with Crippen LogP contribution in [0.4, 0.5) is 11.4 Å². The number of hydrogen-bond acceptors (Lipinski definition) is 5. The zero-order chi connectivity index (χ0) is 16.8. The molecule has 0 aliphatic carbocycles. The van der Waals surface area contributed by atoms with Gasteiger partial charge >= 0.3 is 0 Å². The Bertz CT molecular complexity index is 704. The van der Waals surface area contributed by atoms with Gasteiger partial charge in [-0.05, 0) is 24.3 Å². The van der Waals surface area contributed by atoms with E-state index in [0.717, 1.165) is 5.75 Å². The summed E-state index contributed by atoms with van der Waals surface area (Å²) in [5.41, 5.74) is 5.50. The van der Waals surface area contributed by atoms with Crippen molar-refractivity contribution < 1.29 is 14.5 Å². The predicted molar refractivity (Wildman–Crippen MR) is 86.8 cm³/mol. The van der Waals surface area contributed by atoms with Crippen molar-refractivity contribution in [1.29, 1.82) is 0 Å². The van der Waals surface area contributed by atoms with Gasteiger partial charge in [-0.1, -0.05) is 18.2 Å². The third kappa shape index (κ3) is 4.19. The number of amides is 1. The summed E-state index contributed by atoms with van der Waals surface area (Å²) in [5, 5.41) is 11.2. The Morgan fingerprint density at radius 3 is 2.57 bits per heavy atom. The normalized spacial score (nSPS) is 10.1. The van der Waals surface area contributed by atoms with Gasteiger partial charge in [-0.15, -0.1) is 0 Å². The van der Waals surface area contributed by atoms with E-state index in [0.29, 0.717) is 18.8 Å². The number of anilines is 1. The van der Waals surface area contributed by atoms with Crippen molar-refractivity contribution in [3.8, 4) is 5.75 Å². The van der Waals surface area contributed by atoms with Crippen LogP contribution in [0.2, 0.25) is 0 Å². The Kier molecular flexibility index (Phi) is 5.14. The molecule has 0 bridgehead atoms. The molecule has 0 aliphatic rings. The Morgan fingerprint density at radius 1 is 1.26 bits per heavy atom. The molecule has 2 rings (SSSR count). The summed E-state index contributed by atoms with van der Waals surface area (Å²) in [6.07, 6.45) is 0. The highest BCUT2D eigenvalue weighted by Crippen LogP contribution is 2.28. The molecule has 7 nitrogen and oxygen atoms in total. The second-order valence-corrected chi connectivity index (χ2v) is 4.91. The van der Waals surface area contributed by atoms with Crippen molar-refractivity contribution >= 4 is 17.3 Å². The quantitative estimate of drug-likeness (QED) is 0.624. The van der Waals surface area contributed by atoms with E-state index in [1.54, 1.807) is 11.9 Å². The lowest BCUT2D eigenvalue weighted by Crippen LogP contribution is -2.24. The number of nitrogens with two attached hydrogens (primary N) is 1. The van der Waals surface area contributed by atoms with Gasteiger partial charge in [0.05, 0.1) is 11.5 Å². The number of ether oxygens (including phenoxy) is 1. The first kappa shape index (κ1) is 16.3. The largest absolute Gasteiger partial charge is 0.492 e. The van der Waals surface area contributed by atoms with Crippen LogP contribution in [-0.4, -0.2) is 31.0 Å². The lowest BCUT2D eigenvalue weighted by molar-refractivity contribution is -0.384. The molecule has 2 aromatic rings. The molecule has 0 spiro atoms. The third-order valence-electron chi connectivity index (χ3n) is 3.31. The SMILES string of the molecule is CN(CCOc1ccccc1)c1ccc(C(N)=O)cc1[N+](=O)[O-]. The van der Waals surface area contributed by atoms with Crippen molar-refractivity contribution in [3.05, 3.63) is 64.2 Å². The van der Waals surface area contributed by atoms with Gasteiger partial charge in [0.2, 0.25) is 5.91 Å². The van der Waals surface area contributed by atoms with Crippen LogP contribution in [0.25, 0.3) is 0 Å². The topological polar surface area (TPSA) is 98.7 Å². The number of nitrogens with zero attached hydrogens (tertiary/aromatic N) is 2. The molecule has 7 heteroatoms. The highest BCUT2D eigenvalue weighted by Gasteiger charge is 2.19. The molecule has 0 radical (unpaired) electrons. The molecule has 1 amide bonds. The fraction of sp³-hybridized carbons (Fsp3) is 0.188. The number of primary amides is 1. The molecule has 2 N–H and O–H groups in total. The Labute approximate surface area is 133 Å². The maximum absolute atomic E-state index is 11.2. The molecule has 0 saturated heterocycles. The molecular weight excluding hydrogens is 298 g/mol. The number of para-hydroxylation sites is 1.